The van der Waals surface area contributed by atoms with E-state index >= 15 is 0 Å². The van der Waals surface area contributed by atoms with Gasteiger partial charge in [-0.1, -0.05) is 43.3 Å². The normalized spacial score (nSPS) is 11.5. The number of rotatable bonds is 7. The predicted molar refractivity (Wildman–Crippen MR) is 100 cm³/mol. The van der Waals surface area contributed by atoms with E-state index in [-0.39, 0.29) is 0 Å². The number of methoxy groups -OCH3 is 1. The SMILES string of the molecule is CC/C=C\C=C(/C=O)N(C)c1ccc(-c2cccc(OC)c2)cc1. The van der Waals surface area contributed by atoms with Crippen molar-refractivity contribution >= 4 is 12.0 Å². The van der Waals surface area contributed by atoms with Gasteiger partial charge in [0.15, 0.2) is 6.29 Å². The summed E-state index contributed by atoms with van der Waals surface area (Å²) in [6, 6.07) is 16.1. The van der Waals surface area contributed by atoms with Crippen molar-refractivity contribution in [2.24, 2.45) is 0 Å². The minimum Gasteiger partial charge on any atom is -0.497 e. The fourth-order valence-electron chi connectivity index (χ4n) is 2.36. The van der Waals surface area contributed by atoms with E-state index in [2.05, 4.69) is 6.92 Å². The molecule has 24 heavy (non-hydrogen) atoms. The van der Waals surface area contributed by atoms with E-state index in [0.717, 1.165) is 35.3 Å². The molecule has 0 amide bonds. The topological polar surface area (TPSA) is 29.5 Å². The van der Waals surface area contributed by atoms with Crippen LogP contribution >= 0.6 is 0 Å². The number of nitrogens with zero attached hydrogens (tertiary/aromatic N) is 1. The van der Waals surface area contributed by atoms with Crippen LogP contribution in [0.1, 0.15) is 13.3 Å². The molecular formula is C21H23NO2. The number of carbonyl (C=O) groups excluding carboxylic acids is 1. The molecule has 0 atom stereocenters. The molecule has 0 saturated heterocycles. The number of benzene rings is 2. The smallest absolute Gasteiger partial charge is 0.166 e. The molecule has 0 radical (unpaired) electrons. The van der Waals surface area contributed by atoms with Gasteiger partial charge in [-0.05, 0) is 47.9 Å². The molecule has 0 spiro atoms. The van der Waals surface area contributed by atoms with E-state index in [0.29, 0.717) is 5.70 Å². The van der Waals surface area contributed by atoms with Gasteiger partial charge in [-0.2, -0.15) is 0 Å². The summed E-state index contributed by atoms with van der Waals surface area (Å²) >= 11 is 0. The molecule has 0 aliphatic rings. The standard InChI is InChI=1S/C21H23NO2/c1-4-5-6-9-20(16-23)22(2)19-13-11-17(12-14-19)18-8-7-10-21(15-18)24-3/h5-16H,4H2,1-3H3/b6-5-,20-9+. The van der Waals surface area contributed by atoms with Crippen LogP contribution in [0.25, 0.3) is 11.1 Å². The number of allylic oxidation sites excluding steroid dienone is 4. The minimum atomic E-state index is 0.619. The Labute approximate surface area is 143 Å². The van der Waals surface area contributed by atoms with Gasteiger partial charge in [-0.25, -0.2) is 0 Å². The first-order chi connectivity index (χ1) is 11.7. The van der Waals surface area contributed by atoms with Crippen LogP contribution in [0, 0.1) is 0 Å². The summed E-state index contributed by atoms with van der Waals surface area (Å²) in [5.41, 5.74) is 3.79. The number of ether oxygens (including phenoxy) is 1. The number of aldehydes is 1. The second-order valence-electron chi connectivity index (χ2n) is 5.38. The van der Waals surface area contributed by atoms with Crippen molar-refractivity contribution in [1.29, 1.82) is 0 Å². The molecule has 0 aromatic heterocycles. The van der Waals surface area contributed by atoms with Gasteiger partial charge in [0.1, 0.15) is 5.75 Å². The van der Waals surface area contributed by atoms with Crippen molar-refractivity contribution in [3.8, 4) is 16.9 Å². The highest BCUT2D eigenvalue weighted by Crippen LogP contribution is 2.26. The Morgan fingerprint density at radius 2 is 1.88 bits per heavy atom. The molecule has 0 saturated carbocycles. The maximum atomic E-state index is 11.3. The van der Waals surface area contributed by atoms with Gasteiger partial charge < -0.3 is 9.64 Å². The molecule has 2 aromatic rings. The summed E-state index contributed by atoms with van der Waals surface area (Å²) in [6.45, 7) is 2.06. The van der Waals surface area contributed by atoms with Crippen molar-refractivity contribution in [2.75, 3.05) is 19.1 Å². The second kappa shape index (κ2) is 8.73. The summed E-state index contributed by atoms with van der Waals surface area (Å²) in [7, 11) is 3.55. The monoisotopic (exact) mass is 321 g/mol. The number of hydrogen-bond donors (Lipinski definition) is 0. The molecule has 0 bridgehead atoms. The summed E-state index contributed by atoms with van der Waals surface area (Å²) in [5.74, 6) is 0.836. The van der Waals surface area contributed by atoms with Crippen molar-refractivity contribution in [3.05, 3.63) is 72.5 Å². The maximum absolute atomic E-state index is 11.3. The first-order valence-corrected chi connectivity index (χ1v) is 7.99. The van der Waals surface area contributed by atoms with Gasteiger partial charge in [0.05, 0.1) is 12.8 Å². The van der Waals surface area contributed by atoms with Crippen LogP contribution in [-0.4, -0.2) is 20.4 Å². The Kier molecular flexibility index (Phi) is 6.38. The number of carbonyl (C=O) groups is 1. The highest BCUT2D eigenvalue weighted by atomic mass is 16.5. The van der Waals surface area contributed by atoms with Gasteiger partial charge in [0.25, 0.3) is 0 Å². The van der Waals surface area contributed by atoms with Crippen molar-refractivity contribution in [1.82, 2.24) is 0 Å². The van der Waals surface area contributed by atoms with Gasteiger partial charge in [-0.15, -0.1) is 0 Å². The highest BCUT2D eigenvalue weighted by molar-refractivity contribution is 5.81. The Morgan fingerprint density at radius 3 is 2.50 bits per heavy atom. The van der Waals surface area contributed by atoms with Gasteiger partial charge in [0.2, 0.25) is 0 Å². The van der Waals surface area contributed by atoms with E-state index in [4.69, 9.17) is 4.74 Å². The number of likely N-dealkylation sites (N-methyl/N-ethyl adjacent to an activating group) is 1. The van der Waals surface area contributed by atoms with Crippen LogP contribution in [0.4, 0.5) is 5.69 Å². The minimum absolute atomic E-state index is 0.619. The van der Waals surface area contributed by atoms with Crippen LogP contribution in [0.15, 0.2) is 72.5 Å². The lowest BCUT2D eigenvalue weighted by atomic mass is 10.0. The first kappa shape index (κ1) is 17.5. The Balaban J connectivity index is 2.23. The van der Waals surface area contributed by atoms with Crippen molar-refractivity contribution < 1.29 is 9.53 Å². The third-order valence-electron chi connectivity index (χ3n) is 3.80. The third-order valence-corrected chi connectivity index (χ3v) is 3.80. The second-order valence-corrected chi connectivity index (χ2v) is 5.38. The Morgan fingerprint density at radius 1 is 1.12 bits per heavy atom. The molecule has 0 unspecified atom stereocenters. The highest BCUT2D eigenvalue weighted by Gasteiger charge is 2.06. The Hall–Kier alpha value is -2.81. The molecule has 0 aliphatic carbocycles. The van der Waals surface area contributed by atoms with Crippen LogP contribution < -0.4 is 9.64 Å². The van der Waals surface area contributed by atoms with Crippen LogP contribution in [0.2, 0.25) is 0 Å². The lowest BCUT2D eigenvalue weighted by molar-refractivity contribution is -0.104. The Bertz CT molecular complexity index is 730. The molecule has 0 N–H and O–H groups in total. The van der Waals surface area contributed by atoms with E-state index < -0.39 is 0 Å². The third kappa shape index (κ3) is 4.35. The molecule has 2 aromatic carbocycles. The van der Waals surface area contributed by atoms with Gasteiger partial charge in [-0.3, -0.25) is 4.79 Å². The predicted octanol–water partition coefficient (Wildman–Crippen LogP) is 4.85. The average Bonchev–Trinajstić information content (AvgIpc) is 2.65. The number of hydrogen-bond acceptors (Lipinski definition) is 3. The van der Waals surface area contributed by atoms with Crippen LogP contribution in [-0.2, 0) is 4.79 Å². The molecule has 0 heterocycles. The van der Waals surface area contributed by atoms with Crippen LogP contribution in [0.3, 0.4) is 0 Å². The average molecular weight is 321 g/mol. The summed E-state index contributed by atoms with van der Waals surface area (Å²) < 4.78 is 5.27. The molecule has 3 nitrogen and oxygen atoms in total. The van der Waals surface area contributed by atoms with E-state index in [1.165, 1.54) is 0 Å². The van der Waals surface area contributed by atoms with Gasteiger partial charge >= 0.3 is 0 Å². The summed E-state index contributed by atoms with van der Waals surface area (Å²) in [4.78, 5) is 13.2. The lowest BCUT2D eigenvalue weighted by Gasteiger charge is -2.19. The lowest BCUT2D eigenvalue weighted by Crippen LogP contribution is -2.17. The zero-order valence-corrected chi connectivity index (χ0v) is 14.4. The molecule has 3 heteroatoms. The van der Waals surface area contributed by atoms with Crippen molar-refractivity contribution in [2.45, 2.75) is 13.3 Å². The first-order valence-electron chi connectivity index (χ1n) is 7.99. The summed E-state index contributed by atoms with van der Waals surface area (Å²) in [6.07, 6.45) is 7.57. The molecule has 0 aliphatic heterocycles. The van der Waals surface area contributed by atoms with E-state index in [1.807, 2.05) is 78.7 Å². The fourth-order valence-corrected chi connectivity index (χ4v) is 2.36. The van der Waals surface area contributed by atoms with E-state index in [1.54, 1.807) is 7.11 Å². The van der Waals surface area contributed by atoms with Gasteiger partial charge in [0, 0.05) is 12.7 Å². The largest absolute Gasteiger partial charge is 0.497 e. The molecule has 124 valence electrons. The zero-order chi connectivity index (χ0) is 17.4. The fraction of sp³-hybridized carbons (Fsp3) is 0.190. The molecule has 0 fully saturated rings. The number of anilines is 1. The molecular weight excluding hydrogens is 298 g/mol. The zero-order valence-electron chi connectivity index (χ0n) is 14.4. The maximum Gasteiger partial charge on any atom is 0.166 e. The quantitative estimate of drug-likeness (QED) is 0.415. The van der Waals surface area contributed by atoms with E-state index in [9.17, 15) is 4.79 Å². The summed E-state index contributed by atoms with van der Waals surface area (Å²) in [5, 5.41) is 0. The molecule has 2 rings (SSSR count). The van der Waals surface area contributed by atoms with Crippen molar-refractivity contribution in [3.63, 3.8) is 0 Å². The van der Waals surface area contributed by atoms with Crippen LogP contribution in [0.5, 0.6) is 5.75 Å².